The first kappa shape index (κ1) is 16.8. The maximum atomic E-state index is 12.2. The quantitative estimate of drug-likeness (QED) is 0.643. The van der Waals surface area contributed by atoms with Crippen LogP contribution in [0.5, 0.6) is 5.75 Å². The van der Waals surface area contributed by atoms with Crippen LogP contribution < -0.4 is 10.1 Å². The van der Waals surface area contributed by atoms with Crippen LogP contribution in [-0.2, 0) is 4.79 Å². The number of nitrogens with one attached hydrogen (secondary N) is 1. The average Bonchev–Trinajstić information content (AvgIpc) is 2.90. The first-order chi connectivity index (χ1) is 10.5. The van der Waals surface area contributed by atoms with Gasteiger partial charge in [0.1, 0.15) is 5.75 Å². The molecular formula is C15H19N3O2S2. The summed E-state index contributed by atoms with van der Waals surface area (Å²) in [6, 6.07) is 5.93. The summed E-state index contributed by atoms with van der Waals surface area (Å²) in [6.45, 7) is 7.72. The van der Waals surface area contributed by atoms with Crippen molar-refractivity contribution in [2.75, 3.05) is 11.1 Å². The Morgan fingerprint density at radius 2 is 2.18 bits per heavy atom. The van der Waals surface area contributed by atoms with Gasteiger partial charge in [0.2, 0.25) is 5.13 Å². The molecule has 7 heteroatoms. The fourth-order valence-corrected chi connectivity index (χ4v) is 3.38. The van der Waals surface area contributed by atoms with Gasteiger partial charge in [-0.3, -0.25) is 10.1 Å². The molecule has 0 aliphatic heterocycles. The number of hydrogen-bond acceptors (Lipinski definition) is 6. The van der Waals surface area contributed by atoms with Gasteiger partial charge in [-0.25, -0.2) is 0 Å². The molecule has 1 aromatic heterocycles. The van der Waals surface area contributed by atoms with Crippen LogP contribution in [0, 0.1) is 13.8 Å². The van der Waals surface area contributed by atoms with Gasteiger partial charge in [0, 0.05) is 0 Å². The maximum absolute atomic E-state index is 12.2. The molecule has 0 radical (unpaired) electrons. The number of hydrogen-bond donors (Lipinski definition) is 1. The van der Waals surface area contributed by atoms with Gasteiger partial charge < -0.3 is 4.74 Å². The van der Waals surface area contributed by atoms with Crippen LogP contribution in [0.4, 0.5) is 5.13 Å². The Balaban J connectivity index is 1.98. The van der Waals surface area contributed by atoms with Crippen molar-refractivity contribution in [3.63, 3.8) is 0 Å². The van der Waals surface area contributed by atoms with Crippen LogP contribution in [0.2, 0.25) is 0 Å². The molecule has 118 valence electrons. The highest BCUT2D eigenvalue weighted by molar-refractivity contribution is 8.01. The number of benzene rings is 1. The molecule has 22 heavy (non-hydrogen) atoms. The highest BCUT2D eigenvalue weighted by Gasteiger charge is 2.17. The summed E-state index contributed by atoms with van der Waals surface area (Å²) in [5, 5.41) is 11.2. The van der Waals surface area contributed by atoms with E-state index in [1.807, 2.05) is 39.0 Å². The lowest BCUT2D eigenvalue weighted by molar-refractivity contribution is -0.122. The predicted molar refractivity (Wildman–Crippen MR) is 90.9 cm³/mol. The van der Waals surface area contributed by atoms with Gasteiger partial charge in [0.25, 0.3) is 5.91 Å². The third-order valence-electron chi connectivity index (χ3n) is 2.92. The number of thioether (sulfide) groups is 1. The summed E-state index contributed by atoms with van der Waals surface area (Å²) in [5.74, 6) is 1.42. The Morgan fingerprint density at radius 3 is 2.91 bits per heavy atom. The fraction of sp³-hybridized carbons (Fsp3) is 0.400. The molecule has 0 bridgehead atoms. The van der Waals surface area contributed by atoms with Gasteiger partial charge in [0.15, 0.2) is 10.4 Å². The summed E-state index contributed by atoms with van der Waals surface area (Å²) in [7, 11) is 0. The second-order valence-corrected chi connectivity index (χ2v) is 7.31. The van der Waals surface area contributed by atoms with Gasteiger partial charge in [-0.1, -0.05) is 42.2 Å². The highest BCUT2D eigenvalue weighted by atomic mass is 32.2. The molecule has 0 aliphatic rings. The van der Waals surface area contributed by atoms with Crippen LogP contribution in [0.1, 0.15) is 25.0 Å². The van der Waals surface area contributed by atoms with Crippen molar-refractivity contribution < 1.29 is 9.53 Å². The first-order valence-electron chi connectivity index (χ1n) is 7.00. The van der Waals surface area contributed by atoms with Crippen molar-refractivity contribution >= 4 is 34.1 Å². The summed E-state index contributed by atoms with van der Waals surface area (Å²) in [4.78, 5) is 12.2. The Labute approximate surface area is 138 Å². The van der Waals surface area contributed by atoms with Crippen LogP contribution in [0.3, 0.4) is 0 Å². The van der Waals surface area contributed by atoms with Crippen LogP contribution >= 0.6 is 23.1 Å². The van der Waals surface area contributed by atoms with Crippen molar-refractivity contribution in [3.8, 4) is 5.75 Å². The molecular weight excluding hydrogens is 318 g/mol. The lowest BCUT2D eigenvalue weighted by Crippen LogP contribution is -2.30. The second kappa shape index (κ2) is 7.60. The molecule has 1 aromatic carbocycles. The van der Waals surface area contributed by atoms with E-state index in [9.17, 15) is 4.79 Å². The summed E-state index contributed by atoms with van der Waals surface area (Å²) in [5.41, 5.74) is 2.10. The Kier molecular flexibility index (Phi) is 5.79. The molecule has 0 spiro atoms. The van der Waals surface area contributed by atoms with E-state index in [4.69, 9.17) is 4.74 Å². The third-order valence-corrected chi connectivity index (χ3v) is 4.78. The second-order valence-electron chi connectivity index (χ2n) is 4.82. The molecule has 1 amide bonds. The van der Waals surface area contributed by atoms with E-state index < -0.39 is 6.10 Å². The standard InChI is InChI=1S/C15H19N3O2S2/c1-5-21-15-18-17-14(22-15)16-13(19)11(4)20-12-8-9(2)6-7-10(12)3/h6-8,11H,5H2,1-4H3,(H,16,17,19)/t11-/m1/s1. The molecule has 0 aliphatic carbocycles. The number of amides is 1. The van der Waals surface area contributed by atoms with Crippen molar-refractivity contribution in [2.24, 2.45) is 0 Å². The molecule has 0 saturated carbocycles. The number of aromatic nitrogens is 2. The molecule has 1 N–H and O–H groups in total. The molecule has 2 rings (SSSR count). The monoisotopic (exact) mass is 337 g/mol. The van der Waals surface area contributed by atoms with Gasteiger partial charge >= 0.3 is 0 Å². The Bertz CT molecular complexity index is 658. The number of nitrogens with zero attached hydrogens (tertiary/aromatic N) is 2. The number of carbonyl (C=O) groups is 1. The lowest BCUT2D eigenvalue weighted by Gasteiger charge is -2.15. The van der Waals surface area contributed by atoms with Crippen molar-refractivity contribution in [1.82, 2.24) is 10.2 Å². The van der Waals surface area contributed by atoms with E-state index in [2.05, 4.69) is 15.5 Å². The number of rotatable bonds is 6. The van der Waals surface area contributed by atoms with Gasteiger partial charge in [-0.05, 0) is 43.7 Å². The largest absolute Gasteiger partial charge is 0.481 e. The minimum absolute atomic E-state index is 0.231. The Morgan fingerprint density at radius 1 is 1.41 bits per heavy atom. The van der Waals surface area contributed by atoms with E-state index in [0.29, 0.717) is 5.13 Å². The molecule has 1 atom stereocenters. The molecule has 2 aromatic rings. The summed E-state index contributed by atoms with van der Waals surface area (Å²) in [6.07, 6.45) is -0.605. The van der Waals surface area contributed by atoms with E-state index in [1.54, 1.807) is 18.7 Å². The summed E-state index contributed by atoms with van der Waals surface area (Å²) >= 11 is 2.97. The van der Waals surface area contributed by atoms with E-state index in [0.717, 1.165) is 27.0 Å². The van der Waals surface area contributed by atoms with E-state index >= 15 is 0 Å². The SMILES string of the molecule is CCSc1nnc(NC(=O)[C@@H](C)Oc2cc(C)ccc2C)s1. The fourth-order valence-electron chi connectivity index (χ4n) is 1.73. The summed E-state index contributed by atoms with van der Waals surface area (Å²) < 4.78 is 6.60. The predicted octanol–water partition coefficient (Wildman–Crippen LogP) is 3.67. The van der Waals surface area contributed by atoms with Gasteiger partial charge in [0.05, 0.1) is 0 Å². The molecule has 5 nitrogen and oxygen atoms in total. The number of ether oxygens (including phenoxy) is 1. The highest BCUT2D eigenvalue weighted by Crippen LogP contribution is 2.25. The molecule has 0 saturated heterocycles. The zero-order chi connectivity index (χ0) is 16.1. The van der Waals surface area contributed by atoms with E-state index in [-0.39, 0.29) is 5.91 Å². The number of anilines is 1. The normalized spacial score (nSPS) is 12.0. The van der Waals surface area contributed by atoms with Crippen molar-refractivity contribution in [2.45, 2.75) is 38.1 Å². The Hall–Kier alpha value is -1.60. The third kappa shape index (κ3) is 4.45. The van der Waals surface area contributed by atoms with E-state index in [1.165, 1.54) is 11.3 Å². The zero-order valence-electron chi connectivity index (χ0n) is 13.0. The average molecular weight is 337 g/mol. The first-order valence-corrected chi connectivity index (χ1v) is 8.81. The van der Waals surface area contributed by atoms with Crippen LogP contribution in [0.25, 0.3) is 0 Å². The topological polar surface area (TPSA) is 64.1 Å². The van der Waals surface area contributed by atoms with Crippen LogP contribution in [0.15, 0.2) is 22.5 Å². The molecule has 0 fully saturated rings. The van der Waals surface area contributed by atoms with Gasteiger partial charge in [-0.2, -0.15) is 0 Å². The number of aryl methyl sites for hydroxylation is 2. The molecule has 0 unspecified atom stereocenters. The minimum Gasteiger partial charge on any atom is -0.481 e. The minimum atomic E-state index is -0.605. The van der Waals surface area contributed by atoms with Crippen LogP contribution in [-0.4, -0.2) is 28.0 Å². The smallest absolute Gasteiger partial charge is 0.266 e. The number of carbonyl (C=O) groups excluding carboxylic acids is 1. The van der Waals surface area contributed by atoms with Gasteiger partial charge in [-0.15, -0.1) is 10.2 Å². The molecule has 1 heterocycles. The zero-order valence-corrected chi connectivity index (χ0v) is 14.7. The van der Waals surface area contributed by atoms with Crippen molar-refractivity contribution in [3.05, 3.63) is 29.3 Å². The maximum Gasteiger partial charge on any atom is 0.266 e. The van der Waals surface area contributed by atoms with Crippen molar-refractivity contribution in [1.29, 1.82) is 0 Å². The lowest BCUT2D eigenvalue weighted by atomic mass is 10.1.